The van der Waals surface area contributed by atoms with Crippen molar-refractivity contribution in [3.63, 3.8) is 0 Å². The zero-order chi connectivity index (χ0) is 17.2. The molecule has 1 aromatic heterocycles. The van der Waals surface area contributed by atoms with Gasteiger partial charge in [0.15, 0.2) is 17.3 Å². The molecule has 1 N–H and O–H groups in total. The Kier molecular flexibility index (Phi) is 2.78. The molecule has 3 aromatic rings. The van der Waals surface area contributed by atoms with Crippen LogP contribution in [0.5, 0.6) is 5.75 Å². The first kappa shape index (κ1) is 14.4. The molecule has 118 valence electrons. The van der Waals surface area contributed by atoms with Gasteiger partial charge in [-0.3, -0.25) is 14.4 Å². The van der Waals surface area contributed by atoms with Crippen LogP contribution in [-0.2, 0) is 0 Å². The third-order valence-electron chi connectivity index (χ3n) is 4.36. The number of aryl methyl sites for hydroxylation is 1. The van der Waals surface area contributed by atoms with Gasteiger partial charge < -0.3 is 9.52 Å². The van der Waals surface area contributed by atoms with E-state index in [2.05, 4.69) is 0 Å². The second kappa shape index (κ2) is 4.64. The number of carbonyl (C=O) groups is 3. The summed E-state index contributed by atoms with van der Waals surface area (Å²) in [4.78, 5) is 37.5. The number of phenolic OH excluding ortho intramolecular Hbond substituents is 1. The van der Waals surface area contributed by atoms with Gasteiger partial charge in [-0.25, -0.2) is 0 Å². The summed E-state index contributed by atoms with van der Waals surface area (Å²) in [7, 11) is 0. The molecule has 2 aromatic carbocycles. The largest absolute Gasteiger partial charge is 0.507 e. The number of hydrogen-bond donors (Lipinski definition) is 1. The maximum Gasteiger partial charge on any atom is 0.198 e. The average molecular weight is 320 g/mol. The third kappa shape index (κ3) is 1.66. The van der Waals surface area contributed by atoms with Crippen LogP contribution >= 0.6 is 0 Å². The monoisotopic (exact) mass is 320 g/mol. The number of hydrogen-bond acceptors (Lipinski definition) is 5. The molecule has 1 aliphatic carbocycles. The Hall–Kier alpha value is -3.21. The highest BCUT2D eigenvalue weighted by Crippen LogP contribution is 2.40. The minimum absolute atomic E-state index is 0.0179. The van der Waals surface area contributed by atoms with Crippen molar-refractivity contribution in [2.24, 2.45) is 0 Å². The van der Waals surface area contributed by atoms with E-state index in [1.165, 1.54) is 13.0 Å². The number of rotatable bonds is 1. The number of ketones is 3. The van der Waals surface area contributed by atoms with Crippen molar-refractivity contribution >= 4 is 28.3 Å². The van der Waals surface area contributed by atoms with Crippen LogP contribution in [-0.4, -0.2) is 22.5 Å². The van der Waals surface area contributed by atoms with Gasteiger partial charge in [-0.1, -0.05) is 24.3 Å². The number of fused-ring (bicyclic) bond motifs is 4. The highest BCUT2D eigenvalue weighted by atomic mass is 16.3. The minimum Gasteiger partial charge on any atom is -0.507 e. The summed E-state index contributed by atoms with van der Waals surface area (Å²) < 4.78 is 5.64. The van der Waals surface area contributed by atoms with Crippen molar-refractivity contribution in [2.45, 2.75) is 13.8 Å². The van der Waals surface area contributed by atoms with E-state index >= 15 is 0 Å². The number of furan rings is 1. The first-order chi connectivity index (χ1) is 11.4. The molecule has 5 heteroatoms. The SMILES string of the molecule is CC(=O)c1c(C)oc2c3c(c(O)cc12)C(=O)c1ccccc1C3=O. The standard InChI is InChI=1S/C19H12O5/c1-8(20)14-9(2)24-19-12(14)7-13(21)15-16(19)18(23)11-6-4-3-5-10(11)17(15)22/h3-7,21H,1-2H3. The van der Waals surface area contributed by atoms with Crippen LogP contribution in [0.25, 0.3) is 11.0 Å². The molecule has 0 atom stereocenters. The molecule has 0 saturated heterocycles. The predicted octanol–water partition coefficient (Wildman–Crippen LogP) is 3.42. The Morgan fingerprint density at radius 2 is 1.62 bits per heavy atom. The molecule has 0 saturated carbocycles. The molecule has 1 aliphatic rings. The van der Waals surface area contributed by atoms with E-state index in [1.807, 2.05) is 0 Å². The number of phenols is 1. The van der Waals surface area contributed by atoms with Gasteiger partial charge in [0.2, 0.25) is 0 Å². The Morgan fingerprint density at radius 3 is 2.21 bits per heavy atom. The Morgan fingerprint density at radius 1 is 1.04 bits per heavy atom. The van der Waals surface area contributed by atoms with Gasteiger partial charge in [0.1, 0.15) is 17.1 Å². The van der Waals surface area contributed by atoms with Crippen LogP contribution in [0, 0.1) is 6.92 Å². The maximum atomic E-state index is 12.9. The lowest BCUT2D eigenvalue weighted by Gasteiger charge is -2.18. The highest BCUT2D eigenvalue weighted by Gasteiger charge is 2.36. The maximum absolute atomic E-state index is 12.9. The molecule has 1 heterocycles. The first-order valence-electron chi connectivity index (χ1n) is 7.40. The fourth-order valence-electron chi connectivity index (χ4n) is 3.37. The Balaban J connectivity index is 2.17. The van der Waals surface area contributed by atoms with Gasteiger partial charge in [0.25, 0.3) is 0 Å². The molecular formula is C19H12O5. The minimum atomic E-state index is -0.432. The fraction of sp³-hybridized carbons (Fsp3) is 0.105. The van der Waals surface area contributed by atoms with Crippen LogP contribution in [0.4, 0.5) is 0 Å². The number of carbonyl (C=O) groups excluding carboxylic acids is 3. The fourth-order valence-corrected chi connectivity index (χ4v) is 3.37. The molecule has 4 rings (SSSR count). The lowest BCUT2D eigenvalue weighted by Crippen LogP contribution is -2.21. The van der Waals surface area contributed by atoms with Gasteiger partial charge in [0.05, 0.1) is 16.7 Å². The second-order valence-corrected chi connectivity index (χ2v) is 5.82. The third-order valence-corrected chi connectivity index (χ3v) is 4.36. The van der Waals surface area contributed by atoms with E-state index in [9.17, 15) is 19.5 Å². The van der Waals surface area contributed by atoms with E-state index in [0.717, 1.165) is 0 Å². The number of benzene rings is 2. The molecule has 0 unspecified atom stereocenters. The van der Waals surface area contributed by atoms with E-state index in [0.29, 0.717) is 16.7 Å². The molecule has 0 spiro atoms. The quantitative estimate of drug-likeness (QED) is 0.543. The number of aromatic hydroxyl groups is 1. The van der Waals surface area contributed by atoms with Crippen molar-refractivity contribution in [1.82, 2.24) is 0 Å². The van der Waals surface area contributed by atoms with Crippen LogP contribution in [0.15, 0.2) is 34.7 Å². The summed E-state index contributed by atoms with van der Waals surface area (Å²) in [6.07, 6.45) is 0. The topological polar surface area (TPSA) is 84.6 Å². The van der Waals surface area contributed by atoms with Gasteiger partial charge in [-0.05, 0) is 19.9 Å². The van der Waals surface area contributed by atoms with Crippen molar-refractivity contribution in [1.29, 1.82) is 0 Å². The van der Waals surface area contributed by atoms with Gasteiger partial charge >= 0.3 is 0 Å². The molecule has 0 amide bonds. The summed E-state index contributed by atoms with van der Waals surface area (Å²) >= 11 is 0. The zero-order valence-electron chi connectivity index (χ0n) is 13.0. The van der Waals surface area contributed by atoms with Crippen LogP contribution in [0.2, 0.25) is 0 Å². The molecule has 5 nitrogen and oxygen atoms in total. The summed E-state index contributed by atoms with van der Waals surface area (Å²) in [5, 5.41) is 10.7. The summed E-state index contributed by atoms with van der Waals surface area (Å²) in [6.45, 7) is 3.00. The molecule has 0 bridgehead atoms. The van der Waals surface area contributed by atoms with Crippen molar-refractivity contribution in [3.8, 4) is 5.75 Å². The number of Topliss-reactive ketones (excluding diaryl/α,β-unsaturated/α-hetero) is 1. The average Bonchev–Trinajstić information content (AvgIpc) is 2.87. The Bertz CT molecular complexity index is 1080. The summed E-state index contributed by atoms with van der Waals surface area (Å²) in [5.41, 5.74) is 0.931. The summed E-state index contributed by atoms with van der Waals surface area (Å²) in [6, 6.07) is 7.77. The van der Waals surface area contributed by atoms with Gasteiger partial charge in [-0.2, -0.15) is 0 Å². The van der Waals surface area contributed by atoms with Crippen LogP contribution in [0.3, 0.4) is 0 Å². The Labute approximate surface area is 136 Å². The van der Waals surface area contributed by atoms with E-state index < -0.39 is 11.6 Å². The van der Waals surface area contributed by atoms with Gasteiger partial charge in [0, 0.05) is 16.5 Å². The molecule has 0 aliphatic heterocycles. The van der Waals surface area contributed by atoms with Gasteiger partial charge in [-0.15, -0.1) is 0 Å². The lowest BCUT2D eigenvalue weighted by atomic mass is 9.82. The highest BCUT2D eigenvalue weighted by molar-refractivity contribution is 6.33. The smallest absolute Gasteiger partial charge is 0.198 e. The van der Waals surface area contributed by atoms with Crippen molar-refractivity contribution in [2.75, 3.05) is 0 Å². The van der Waals surface area contributed by atoms with Crippen LogP contribution < -0.4 is 0 Å². The predicted molar refractivity (Wildman–Crippen MR) is 85.9 cm³/mol. The molecular weight excluding hydrogens is 308 g/mol. The first-order valence-corrected chi connectivity index (χ1v) is 7.40. The molecule has 0 fully saturated rings. The second-order valence-electron chi connectivity index (χ2n) is 5.82. The van der Waals surface area contributed by atoms with E-state index in [-0.39, 0.29) is 39.4 Å². The zero-order valence-corrected chi connectivity index (χ0v) is 13.0. The van der Waals surface area contributed by atoms with Crippen molar-refractivity contribution < 1.29 is 23.9 Å². The normalized spacial score (nSPS) is 13.1. The molecule has 0 radical (unpaired) electrons. The summed E-state index contributed by atoms with van der Waals surface area (Å²) in [5.74, 6) is -1.04. The lowest BCUT2D eigenvalue weighted by molar-refractivity contribution is 0.0977. The van der Waals surface area contributed by atoms with E-state index in [4.69, 9.17) is 4.42 Å². The van der Waals surface area contributed by atoms with Crippen molar-refractivity contribution in [3.05, 3.63) is 63.9 Å². The molecule has 24 heavy (non-hydrogen) atoms. The van der Waals surface area contributed by atoms with Crippen LogP contribution in [0.1, 0.15) is 54.9 Å². The van der Waals surface area contributed by atoms with E-state index in [1.54, 1.807) is 31.2 Å².